The summed E-state index contributed by atoms with van der Waals surface area (Å²) < 4.78 is 5.68. The van der Waals surface area contributed by atoms with Crippen LogP contribution >= 0.6 is 24.0 Å². The Hall–Kier alpha value is -1.75. The Bertz CT molecular complexity index is 816. The van der Waals surface area contributed by atoms with Crippen molar-refractivity contribution in [1.82, 2.24) is 10.3 Å². The van der Waals surface area contributed by atoms with E-state index in [-0.39, 0.29) is 12.4 Å². The summed E-state index contributed by atoms with van der Waals surface area (Å²) in [6.07, 6.45) is 1.05. The van der Waals surface area contributed by atoms with Crippen molar-refractivity contribution in [3.8, 4) is 0 Å². The monoisotopic (exact) mass is 335 g/mol. The molecule has 0 saturated carbocycles. The Morgan fingerprint density at radius 1 is 1.14 bits per heavy atom. The normalized spacial score (nSPS) is 13.5. The number of rotatable bonds is 2. The van der Waals surface area contributed by atoms with E-state index < -0.39 is 0 Å². The third-order valence-electron chi connectivity index (χ3n) is 3.69. The molecule has 114 valence electrons. The van der Waals surface area contributed by atoms with Crippen LogP contribution < -0.4 is 10.6 Å². The van der Waals surface area contributed by atoms with Crippen molar-refractivity contribution < 1.29 is 4.42 Å². The van der Waals surface area contributed by atoms with E-state index in [9.17, 15) is 0 Å². The lowest BCUT2D eigenvalue weighted by atomic mass is 10.0. The van der Waals surface area contributed by atoms with Gasteiger partial charge in [-0.25, -0.2) is 0 Å². The van der Waals surface area contributed by atoms with Crippen molar-refractivity contribution in [3.05, 3.63) is 52.5 Å². The van der Waals surface area contributed by atoms with E-state index in [0.29, 0.717) is 16.6 Å². The van der Waals surface area contributed by atoms with E-state index in [1.807, 2.05) is 18.2 Å². The van der Waals surface area contributed by atoms with Crippen molar-refractivity contribution in [2.75, 3.05) is 11.9 Å². The first-order valence-corrected chi connectivity index (χ1v) is 7.31. The fourth-order valence-electron chi connectivity index (χ4n) is 2.63. The van der Waals surface area contributed by atoms with Gasteiger partial charge < -0.3 is 15.1 Å². The van der Waals surface area contributed by atoms with Gasteiger partial charge in [0, 0.05) is 23.3 Å². The number of halogens is 2. The average Bonchev–Trinajstić information content (AvgIpc) is 2.88. The van der Waals surface area contributed by atoms with Crippen molar-refractivity contribution in [2.24, 2.45) is 0 Å². The molecule has 0 bridgehead atoms. The summed E-state index contributed by atoms with van der Waals surface area (Å²) >= 11 is 5.95. The second-order valence-electron chi connectivity index (χ2n) is 5.17. The largest absolute Gasteiger partial charge is 0.423 e. The zero-order chi connectivity index (χ0) is 14.2. The highest BCUT2D eigenvalue weighted by atomic mass is 35.5. The summed E-state index contributed by atoms with van der Waals surface area (Å²) in [4.78, 5) is 4.41. The Balaban J connectivity index is 0.00000144. The standard InChI is InChI=1S/C16H14ClN3O.ClH/c17-12-2-4-14-15(8-12)21-16(20-14)19-13-3-1-11-9-18-6-5-10(11)7-13;/h1-4,7-8,18H,5-6,9H2,(H,19,20);1H. The number of nitrogens with zero attached hydrogens (tertiary/aromatic N) is 1. The molecule has 0 saturated heterocycles. The van der Waals surface area contributed by atoms with Crippen LogP contribution in [0.3, 0.4) is 0 Å². The molecule has 6 heteroatoms. The molecular formula is C16H15Cl2N3O. The lowest BCUT2D eigenvalue weighted by Gasteiger charge is -2.17. The summed E-state index contributed by atoms with van der Waals surface area (Å²) in [6, 6.07) is 12.3. The van der Waals surface area contributed by atoms with Gasteiger partial charge in [-0.1, -0.05) is 17.7 Å². The van der Waals surface area contributed by atoms with Gasteiger partial charge in [-0.2, -0.15) is 4.98 Å². The van der Waals surface area contributed by atoms with Crippen LogP contribution in [0, 0.1) is 0 Å². The van der Waals surface area contributed by atoms with Crippen molar-refractivity contribution in [3.63, 3.8) is 0 Å². The minimum Gasteiger partial charge on any atom is -0.423 e. The van der Waals surface area contributed by atoms with Crippen LogP contribution in [0.2, 0.25) is 5.02 Å². The Morgan fingerprint density at radius 2 is 2.05 bits per heavy atom. The van der Waals surface area contributed by atoms with Crippen LogP contribution in [0.5, 0.6) is 0 Å². The quantitative estimate of drug-likeness (QED) is 0.733. The fourth-order valence-corrected chi connectivity index (χ4v) is 2.79. The highest BCUT2D eigenvalue weighted by molar-refractivity contribution is 6.31. The van der Waals surface area contributed by atoms with Crippen LogP contribution in [0.4, 0.5) is 11.7 Å². The van der Waals surface area contributed by atoms with E-state index in [1.165, 1.54) is 11.1 Å². The molecule has 1 aliphatic rings. The Labute approximate surface area is 139 Å². The average molecular weight is 336 g/mol. The molecule has 0 amide bonds. The fraction of sp³-hybridized carbons (Fsp3) is 0.188. The molecule has 0 spiro atoms. The smallest absolute Gasteiger partial charge is 0.300 e. The van der Waals surface area contributed by atoms with Gasteiger partial charge in [-0.3, -0.25) is 0 Å². The number of fused-ring (bicyclic) bond motifs is 2. The van der Waals surface area contributed by atoms with Crippen LogP contribution in [0.25, 0.3) is 11.1 Å². The molecule has 2 heterocycles. The molecule has 3 aromatic rings. The number of nitrogens with one attached hydrogen (secondary N) is 2. The van der Waals surface area contributed by atoms with E-state index in [2.05, 4.69) is 27.8 Å². The molecular weight excluding hydrogens is 321 g/mol. The molecule has 0 fully saturated rings. The molecule has 1 aromatic heterocycles. The zero-order valence-electron chi connectivity index (χ0n) is 11.7. The maximum Gasteiger partial charge on any atom is 0.300 e. The Morgan fingerprint density at radius 3 is 2.95 bits per heavy atom. The molecule has 2 N–H and O–H groups in total. The zero-order valence-corrected chi connectivity index (χ0v) is 13.3. The molecule has 4 rings (SSSR count). The molecule has 4 nitrogen and oxygen atoms in total. The van der Waals surface area contributed by atoms with Crippen molar-refractivity contribution in [1.29, 1.82) is 0 Å². The van der Waals surface area contributed by atoms with Crippen molar-refractivity contribution in [2.45, 2.75) is 13.0 Å². The third kappa shape index (κ3) is 2.90. The first kappa shape index (κ1) is 15.2. The molecule has 0 atom stereocenters. The van der Waals surface area contributed by atoms with Gasteiger partial charge in [-0.15, -0.1) is 12.4 Å². The van der Waals surface area contributed by atoms with Crippen LogP contribution in [0.1, 0.15) is 11.1 Å². The van der Waals surface area contributed by atoms with Gasteiger partial charge in [0.2, 0.25) is 0 Å². The maximum atomic E-state index is 5.95. The Kier molecular flexibility index (Phi) is 4.25. The van der Waals surface area contributed by atoms with Gasteiger partial charge in [-0.05, 0) is 48.4 Å². The minimum atomic E-state index is 0. The van der Waals surface area contributed by atoms with Gasteiger partial charge in [0.05, 0.1) is 0 Å². The van der Waals surface area contributed by atoms with Gasteiger partial charge in [0.1, 0.15) is 5.52 Å². The summed E-state index contributed by atoms with van der Waals surface area (Å²) in [5.74, 6) is 0. The maximum absolute atomic E-state index is 5.95. The predicted molar refractivity (Wildman–Crippen MR) is 91.4 cm³/mol. The SMILES string of the molecule is Cl.Clc1ccc2nc(Nc3ccc4c(c3)CCNC4)oc2c1. The molecule has 0 radical (unpaired) electrons. The van der Waals surface area contributed by atoms with E-state index in [1.54, 1.807) is 6.07 Å². The second kappa shape index (κ2) is 6.16. The van der Waals surface area contributed by atoms with E-state index >= 15 is 0 Å². The molecule has 2 aromatic carbocycles. The molecule has 0 aliphatic carbocycles. The van der Waals surface area contributed by atoms with Crippen LogP contribution in [-0.4, -0.2) is 11.5 Å². The number of benzene rings is 2. The summed E-state index contributed by atoms with van der Waals surface area (Å²) in [7, 11) is 0. The summed E-state index contributed by atoms with van der Waals surface area (Å²) in [5, 5.41) is 7.24. The summed E-state index contributed by atoms with van der Waals surface area (Å²) in [5.41, 5.74) is 5.21. The third-order valence-corrected chi connectivity index (χ3v) is 3.93. The number of hydrogen-bond acceptors (Lipinski definition) is 4. The van der Waals surface area contributed by atoms with Gasteiger partial charge >= 0.3 is 0 Å². The lowest BCUT2D eigenvalue weighted by molar-refractivity contribution is 0.622. The van der Waals surface area contributed by atoms with Crippen LogP contribution in [-0.2, 0) is 13.0 Å². The molecule has 22 heavy (non-hydrogen) atoms. The van der Waals surface area contributed by atoms with Gasteiger partial charge in [0.25, 0.3) is 6.01 Å². The molecule has 0 unspecified atom stereocenters. The first-order chi connectivity index (χ1) is 10.3. The highest BCUT2D eigenvalue weighted by Crippen LogP contribution is 2.26. The summed E-state index contributed by atoms with van der Waals surface area (Å²) in [6.45, 7) is 1.97. The van der Waals surface area contributed by atoms with E-state index in [0.717, 1.165) is 30.7 Å². The highest BCUT2D eigenvalue weighted by Gasteiger charge is 2.11. The lowest BCUT2D eigenvalue weighted by Crippen LogP contribution is -2.23. The van der Waals surface area contributed by atoms with Gasteiger partial charge in [0.15, 0.2) is 5.58 Å². The topological polar surface area (TPSA) is 50.1 Å². The molecule has 1 aliphatic heterocycles. The van der Waals surface area contributed by atoms with Crippen molar-refractivity contribution >= 4 is 46.8 Å². The first-order valence-electron chi connectivity index (χ1n) is 6.93. The van der Waals surface area contributed by atoms with Crippen LogP contribution in [0.15, 0.2) is 40.8 Å². The van der Waals surface area contributed by atoms with E-state index in [4.69, 9.17) is 16.0 Å². The number of anilines is 2. The predicted octanol–water partition coefficient (Wildman–Crippen LogP) is 4.29. The minimum absolute atomic E-state index is 0. The number of oxazole rings is 1. The number of aromatic nitrogens is 1. The number of hydrogen-bond donors (Lipinski definition) is 2. The second-order valence-corrected chi connectivity index (χ2v) is 5.60.